The fraction of sp³-hybridized carbons (Fsp3) is 0. The molecule has 0 aliphatic rings. The SMILES string of the molecule is NC(=N/N=C\c1cccc2ccccc12)N/N=C/c1cccc2ccccc12. The fourth-order valence-electron chi connectivity index (χ4n) is 3.07. The van der Waals surface area contributed by atoms with Crippen LogP contribution in [0.15, 0.2) is 100 Å². The summed E-state index contributed by atoms with van der Waals surface area (Å²) in [5, 5.41) is 16.7. The van der Waals surface area contributed by atoms with E-state index in [9.17, 15) is 0 Å². The second kappa shape index (κ2) is 8.14. The number of benzene rings is 4. The van der Waals surface area contributed by atoms with Crippen LogP contribution < -0.4 is 11.2 Å². The van der Waals surface area contributed by atoms with Crippen molar-refractivity contribution < 1.29 is 0 Å². The molecule has 0 saturated carbocycles. The van der Waals surface area contributed by atoms with Crippen molar-refractivity contribution in [2.75, 3.05) is 0 Å². The molecule has 28 heavy (non-hydrogen) atoms. The lowest BCUT2D eigenvalue weighted by Crippen LogP contribution is -2.26. The average Bonchev–Trinajstić information content (AvgIpc) is 2.74. The van der Waals surface area contributed by atoms with Crippen molar-refractivity contribution in [2.24, 2.45) is 21.0 Å². The Balaban J connectivity index is 1.46. The van der Waals surface area contributed by atoms with Crippen LogP contribution in [-0.4, -0.2) is 18.4 Å². The van der Waals surface area contributed by atoms with Crippen molar-refractivity contribution >= 4 is 39.9 Å². The van der Waals surface area contributed by atoms with Gasteiger partial charge in [-0.3, -0.25) is 0 Å². The number of hydrogen-bond donors (Lipinski definition) is 2. The minimum Gasteiger partial charge on any atom is -0.367 e. The van der Waals surface area contributed by atoms with E-state index < -0.39 is 0 Å². The van der Waals surface area contributed by atoms with Crippen molar-refractivity contribution in [1.82, 2.24) is 5.43 Å². The highest BCUT2D eigenvalue weighted by molar-refractivity contribution is 6.01. The molecule has 0 radical (unpaired) electrons. The van der Waals surface area contributed by atoms with Gasteiger partial charge < -0.3 is 5.73 Å². The lowest BCUT2D eigenvalue weighted by Gasteiger charge is -2.02. The molecule has 4 aromatic carbocycles. The largest absolute Gasteiger partial charge is 0.367 e. The Labute approximate surface area is 162 Å². The Morgan fingerprint density at radius 3 is 1.86 bits per heavy atom. The molecule has 0 amide bonds. The lowest BCUT2D eigenvalue weighted by atomic mass is 10.1. The molecule has 0 bridgehead atoms. The molecule has 4 aromatic rings. The van der Waals surface area contributed by atoms with E-state index in [-0.39, 0.29) is 5.96 Å². The molecule has 0 heterocycles. The molecule has 5 heteroatoms. The molecule has 136 valence electrons. The third kappa shape index (κ3) is 3.88. The smallest absolute Gasteiger partial charge is 0.234 e. The standard InChI is InChI=1S/C23H19N5/c24-23(27-25-15-19-11-5-9-17-7-1-3-13-21(17)19)28-26-16-20-12-6-10-18-8-2-4-14-22(18)20/h1-16H,(H3,24,27,28)/b25-15-,26-16+. The van der Waals surface area contributed by atoms with Crippen LogP contribution in [0.25, 0.3) is 21.5 Å². The van der Waals surface area contributed by atoms with Gasteiger partial charge in [-0.15, -0.1) is 5.10 Å². The lowest BCUT2D eigenvalue weighted by molar-refractivity contribution is 0.994. The molecular weight excluding hydrogens is 346 g/mol. The zero-order valence-corrected chi connectivity index (χ0v) is 15.2. The van der Waals surface area contributed by atoms with Gasteiger partial charge in [0, 0.05) is 11.1 Å². The fourth-order valence-corrected chi connectivity index (χ4v) is 3.07. The quantitative estimate of drug-likeness (QED) is 0.322. The van der Waals surface area contributed by atoms with Gasteiger partial charge in [0.05, 0.1) is 12.4 Å². The molecule has 5 nitrogen and oxygen atoms in total. The van der Waals surface area contributed by atoms with Crippen molar-refractivity contribution in [3.8, 4) is 0 Å². The first-order valence-electron chi connectivity index (χ1n) is 8.92. The van der Waals surface area contributed by atoms with Crippen LogP contribution in [-0.2, 0) is 0 Å². The molecule has 0 aliphatic heterocycles. The zero-order valence-electron chi connectivity index (χ0n) is 15.2. The van der Waals surface area contributed by atoms with Crippen LogP contribution in [0.3, 0.4) is 0 Å². The summed E-state index contributed by atoms with van der Waals surface area (Å²) in [5.41, 5.74) is 10.5. The van der Waals surface area contributed by atoms with Gasteiger partial charge in [-0.25, -0.2) is 5.43 Å². The van der Waals surface area contributed by atoms with E-state index >= 15 is 0 Å². The number of nitrogens with two attached hydrogens (primary N) is 1. The van der Waals surface area contributed by atoms with Gasteiger partial charge in [0.25, 0.3) is 0 Å². The molecule has 0 saturated heterocycles. The molecular formula is C23H19N5. The summed E-state index contributed by atoms with van der Waals surface area (Å²) in [5.74, 6) is 0.118. The minimum atomic E-state index is 0.118. The van der Waals surface area contributed by atoms with Crippen LogP contribution >= 0.6 is 0 Å². The summed E-state index contributed by atoms with van der Waals surface area (Å²) in [7, 11) is 0. The first-order chi connectivity index (χ1) is 13.8. The summed E-state index contributed by atoms with van der Waals surface area (Å²) >= 11 is 0. The normalized spacial score (nSPS) is 12.4. The molecule has 0 atom stereocenters. The maximum Gasteiger partial charge on any atom is 0.234 e. The van der Waals surface area contributed by atoms with Crippen molar-refractivity contribution in [3.63, 3.8) is 0 Å². The Kier molecular flexibility index (Phi) is 5.06. The van der Waals surface area contributed by atoms with Crippen LogP contribution in [0, 0.1) is 0 Å². The monoisotopic (exact) mass is 365 g/mol. The molecule has 0 fully saturated rings. The third-order valence-corrected chi connectivity index (χ3v) is 4.39. The van der Waals surface area contributed by atoms with Gasteiger partial charge in [0.1, 0.15) is 0 Å². The Morgan fingerprint density at radius 1 is 0.679 bits per heavy atom. The van der Waals surface area contributed by atoms with Crippen molar-refractivity contribution in [1.29, 1.82) is 0 Å². The average molecular weight is 365 g/mol. The Hall–Kier alpha value is -3.99. The number of hydrogen-bond acceptors (Lipinski definition) is 3. The number of guanidine groups is 1. The summed E-state index contributed by atoms with van der Waals surface area (Å²) in [6.45, 7) is 0. The highest BCUT2D eigenvalue weighted by Crippen LogP contribution is 2.17. The maximum absolute atomic E-state index is 5.84. The van der Waals surface area contributed by atoms with E-state index in [1.54, 1.807) is 12.4 Å². The molecule has 3 N–H and O–H groups in total. The van der Waals surface area contributed by atoms with Crippen LogP contribution in [0.2, 0.25) is 0 Å². The summed E-state index contributed by atoms with van der Waals surface area (Å²) in [6.07, 6.45) is 3.41. The van der Waals surface area contributed by atoms with Gasteiger partial charge in [0.2, 0.25) is 5.96 Å². The van der Waals surface area contributed by atoms with Crippen LogP contribution in [0.5, 0.6) is 0 Å². The predicted octanol–water partition coefficient (Wildman–Crippen LogP) is 4.27. The number of rotatable bonds is 4. The van der Waals surface area contributed by atoms with E-state index in [1.807, 2.05) is 48.5 Å². The van der Waals surface area contributed by atoms with Crippen molar-refractivity contribution in [2.45, 2.75) is 0 Å². The van der Waals surface area contributed by atoms with E-state index in [4.69, 9.17) is 5.73 Å². The molecule has 0 spiro atoms. The predicted molar refractivity (Wildman–Crippen MR) is 118 cm³/mol. The van der Waals surface area contributed by atoms with E-state index in [0.717, 1.165) is 32.7 Å². The van der Waals surface area contributed by atoms with Gasteiger partial charge in [-0.05, 0) is 21.5 Å². The topological polar surface area (TPSA) is 75.1 Å². The van der Waals surface area contributed by atoms with Gasteiger partial charge in [-0.2, -0.15) is 10.2 Å². The minimum absolute atomic E-state index is 0.118. The highest BCUT2D eigenvalue weighted by atomic mass is 15.4. The molecule has 0 unspecified atom stereocenters. The number of nitrogens with zero attached hydrogens (tertiary/aromatic N) is 3. The first kappa shape index (κ1) is 17.4. The van der Waals surface area contributed by atoms with Gasteiger partial charge in [0.15, 0.2) is 0 Å². The second-order valence-corrected chi connectivity index (χ2v) is 6.24. The van der Waals surface area contributed by atoms with Crippen molar-refractivity contribution in [3.05, 3.63) is 96.1 Å². The van der Waals surface area contributed by atoms with Gasteiger partial charge in [-0.1, -0.05) is 84.9 Å². The third-order valence-electron chi connectivity index (χ3n) is 4.39. The Morgan fingerprint density at radius 2 is 1.21 bits per heavy atom. The van der Waals surface area contributed by atoms with E-state index in [0.29, 0.717) is 0 Å². The first-order valence-corrected chi connectivity index (χ1v) is 8.92. The van der Waals surface area contributed by atoms with E-state index in [1.165, 1.54) is 0 Å². The number of hydrazone groups is 1. The zero-order chi connectivity index (χ0) is 19.2. The maximum atomic E-state index is 5.84. The Bertz CT molecular complexity index is 1200. The number of nitrogens with one attached hydrogen (secondary N) is 1. The highest BCUT2D eigenvalue weighted by Gasteiger charge is 1.98. The number of fused-ring (bicyclic) bond motifs is 2. The molecule has 0 aliphatic carbocycles. The summed E-state index contributed by atoms with van der Waals surface area (Å²) < 4.78 is 0. The summed E-state index contributed by atoms with van der Waals surface area (Å²) in [6, 6.07) is 28.4. The van der Waals surface area contributed by atoms with E-state index in [2.05, 4.69) is 57.1 Å². The van der Waals surface area contributed by atoms with Gasteiger partial charge >= 0.3 is 0 Å². The molecule has 4 rings (SSSR count). The van der Waals surface area contributed by atoms with Crippen LogP contribution in [0.1, 0.15) is 11.1 Å². The summed E-state index contributed by atoms with van der Waals surface area (Å²) in [4.78, 5) is 0. The van der Waals surface area contributed by atoms with Crippen LogP contribution in [0.4, 0.5) is 0 Å². The second-order valence-electron chi connectivity index (χ2n) is 6.24. The molecule has 0 aromatic heterocycles.